The fourth-order valence-electron chi connectivity index (χ4n) is 6.30. The van der Waals surface area contributed by atoms with E-state index in [0.29, 0.717) is 24.4 Å². The Labute approximate surface area is 149 Å². The highest BCUT2D eigenvalue weighted by Crippen LogP contribution is 2.67. The number of hydrogen-bond donors (Lipinski definition) is 2. The maximum atomic E-state index is 13.1. The molecule has 4 aliphatic carbocycles. The first-order valence-corrected chi connectivity index (χ1v) is 9.40. The maximum absolute atomic E-state index is 13.1. The first-order valence-electron chi connectivity index (χ1n) is 9.40. The number of carbonyl (C=O) groups excluding carboxylic acids is 1. The van der Waals surface area contributed by atoms with Crippen LogP contribution in [0.5, 0.6) is 0 Å². The molecule has 25 heavy (non-hydrogen) atoms. The molecule has 5 rings (SSSR count). The van der Waals surface area contributed by atoms with Gasteiger partial charge in [0.25, 0.3) is 0 Å². The molecule has 2 N–H and O–H groups in total. The highest BCUT2D eigenvalue weighted by atomic mass is 16.3. The van der Waals surface area contributed by atoms with Gasteiger partial charge in [-0.3, -0.25) is 4.79 Å². The molecule has 4 heteroatoms. The van der Waals surface area contributed by atoms with E-state index in [1.807, 2.05) is 12.1 Å². The van der Waals surface area contributed by atoms with Crippen molar-refractivity contribution in [2.24, 2.45) is 16.7 Å². The van der Waals surface area contributed by atoms with Crippen molar-refractivity contribution in [2.45, 2.75) is 64.0 Å². The van der Waals surface area contributed by atoms with Gasteiger partial charge in [0.05, 0.1) is 22.6 Å². The second-order valence-electron chi connectivity index (χ2n) is 8.86. The van der Waals surface area contributed by atoms with E-state index in [9.17, 15) is 9.90 Å². The lowest BCUT2D eigenvalue weighted by atomic mass is 9.42. The fraction of sp³-hybridized carbons (Fsp3) is 0.619. The van der Waals surface area contributed by atoms with Gasteiger partial charge in [0.1, 0.15) is 0 Å². The van der Waals surface area contributed by atoms with Gasteiger partial charge in [0, 0.05) is 6.54 Å². The van der Waals surface area contributed by atoms with Crippen molar-refractivity contribution in [3.05, 3.63) is 35.4 Å². The normalized spacial score (nSPS) is 38.4. The van der Waals surface area contributed by atoms with E-state index in [-0.39, 0.29) is 11.3 Å². The van der Waals surface area contributed by atoms with Crippen molar-refractivity contribution in [1.29, 1.82) is 5.26 Å². The molecule has 1 aromatic carbocycles. The second kappa shape index (κ2) is 5.57. The first kappa shape index (κ1) is 16.6. The molecule has 4 atom stereocenters. The molecular formula is C21H26N2O2. The molecule has 4 unspecified atom stereocenters. The topological polar surface area (TPSA) is 73.1 Å². The summed E-state index contributed by atoms with van der Waals surface area (Å²) >= 11 is 0. The molecular weight excluding hydrogens is 312 g/mol. The monoisotopic (exact) mass is 338 g/mol. The van der Waals surface area contributed by atoms with Crippen molar-refractivity contribution in [3.63, 3.8) is 0 Å². The summed E-state index contributed by atoms with van der Waals surface area (Å²) < 4.78 is 0. The van der Waals surface area contributed by atoms with Gasteiger partial charge >= 0.3 is 0 Å². The van der Waals surface area contributed by atoms with Gasteiger partial charge in [-0.15, -0.1) is 0 Å². The molecule has 0 aromatic heterocycles. The smallest absolute Gasteiger partial charge is 0.226 e. The van der Waals surface area contributed by atoms with Crippen LogP contribution in [-0.2, 0) is 11.3 Å². The zero-order valence-corrected chi connectivity index (χ0v) is 14.8. The molecule has 1 amide bonds. The van der Waals surface area contributed by atoms with Crippen molar-refractivity contribution >= 4 is 5.91 Å². The van der Waals surface area contributed by atoms with Crippen LogP contribution in [0, 0.1) is 28.1 Å². The third-order valence-corrected chi connectivity index (χ3v) is 6.92. The summed E-state index contributed by atoms with van der Waals surface area (Å²) in [5.74, 6) is 0.596. The third kappa shape index (κ3) is 2.75. The largest absolute Gasteiger partial charge is 0.390 e. The van der Waals surface area contributed by atoms with Crippen molar-refractivity contribution in [1.82, 2.24) is 5.32 Å². The predicted molar refractivity (Wildman–Crippen MR) is 94.3 cm³/mol. The summed E-state index contributed by atoms with van der Waals surface area (Å²) in [4.78, 5) is 13.1. The number of nitriles is 1. The third-order valence-electron chi connectivity index (χ3n) is 6.92. The molecule has 0 spiro atoms. The Bertz CT molecular complexity index is 737. The average molecular weight is 338 g/mol. The minimum atomic E-state index is -0.638. The molecule has 0 heterocycles. The second-order valence-corrected chi connectivity index (χ2v) is 8.86. The first-order chi connectivity index (χ1) is 11.9. The summed E-state index contributed by atoms with van der Waals surface area (Å²) in [5, 5.41) is 23.0. The van der Waals surface area contributed by atoms with Gasteiger partial charge in [-0.1, -0.05) is 25.5 Å². The minimum Gasteiger partial charge on any atom is -0.390 e. The molecule has 1 aromatic rings. The molecule has 4 fully saturated rings. The summed E-state index contributed by atoms with van der Waals surface area (Å²) in [6.07, 6.45) is 6.45. The van der Waals surface area contributed by atoms with E-state index in [1.165, 1.54) is 6.42 Å². The Morgan fingerprint density at radius 1 is 1.24 bits per heavy atom. The number of benzene rings is 1. The van der Waals surface area contributed by atoms with Gasteiger partial charge in [0.2, 0.25) is 5.91 Å². The van der Waals surface area contributed by atoms with Crippen molar-refractivity contribution < 1.29 is 9.90 Å². The van der Waals surface area contributed by atoms with Crippen molar-refractivity contribution in [2.75, 3.05) is 0 Å². The van der Waals surface area contributed by atoms with Crippen LogP contribution in [0.25, 0.3) is 0 Å². The molecule has 4 aliphatic rings. The standard InChI is InChI=1S/C21H26N2O2/c1-2-19-7-17-8-20(12-19,14-21(25,9-17)13-19)18(24)23-11-16-5-3-15(10-22)4-6-16/h3-6,17,25H,2,7-9,11-14H2,1H3,(H,23,24). The van der Waals surface area contributed by atoms with E-state index in [1.54, 1.807) is 12.1 Å². The van der Waals surface area contributed by atoms with Crippen LogP contribution >= 0.6 is 0 Å². The predicted octanol–water partition coefficient (Wildman–Crippen LogP) is 3.29. The lowest BCUT2D eigenvalue weighted by Crippen LogP contribution is -2.63. The SMILES string of the molecule is CCC12CC3CC(O)(C1)CC(C(=O)NCc1ccc(C#N)cc1)(C3)C2. The summed E-state index contributed by atoms with van der Waals surface area (Å²) in [6.45, 7) is 2.69. The van der Waals surface area contributed by atoms with Gasteiger partial charge in [-0.05, 0) is 67.6 Å². The van der Waals surface area contributed by atoms with Gasteiger partial charge in [-0.25, -0.2) is 0 Å². The Balaban J connectivity index is 1.50. The lowest BCUT2D eigenvalue weighted by Gasteiger charge is -2.64. The number of nitrogens with one attached hydrogen (secondary N) is 1. The number of nitrogens with zero attached hydrogens (tertiary/aromatic N) is 1. The zero-order chi connectivity index (χ0) is 17.7. The Hall–Kier alpha value is -1.86. The highest BCUT2D eigenvalue weighted by molar-refractivity contribution is 5.83. The molecule has 0 aliphatic heterocycles. The number of rotatable bonds is 4. The van der Waals surface area contributed by atoms with Crippen LogP contribution in [0.2, 0.25) is 0 Å². The Morgan fingerprint density at radius 3 is 2.64 bits per heavy atom. The molecule has 4 nitrogen and oxygen atoms in total. The van der Waals surface area contributed by atoms with Gasteiger partial charge in [0.15, 0.2) is 0 Å². The van der Waals surface area contributed by atoms with Crippen LogP contribution in [0.15, 0.2) is 24.3 Å². The van der Waals surface area contributed by atoms with E-state index in [0.717, 1.165) is 37.7 Å². The van der Waals surface area contributed by atoms with E-state index in [4.69, 9.17) is 5.26 Å². The van der Waals surface area contributed by atoms with Crippen molar-refractivity contribution in [3.8, 4) is 6.07 Å². The molecule has 4 saturated carbocycles. The molecule has 4 bridgehead atoms. The Morgan fingerprint density at radius 2 is 2.00 bits per heavy atom. The molecule has 0 saturated heterocycles. The fourth-order valence-corrected chi connectivity index (χ4v) is 6.30. The quantitative estimate of drug-likeness (QED) is 0.885. The van der Waals surface area contributed by atoms with Crippen LogP contribution in [-0.4, -0.2) is 16.6 Å². The van der Waals surface area contributed by atoms with Gasteiger partial charge in [-0.2, -0.15) is 5.26 Å². The number of aliphatic hydroxyl groups is 1. The van der Waals surface area contributed by atoms with E-state index >= 15 is 0 Å². The van der Waals surface area contributed by atoms with E-state index < -0.39 is 11.0 Å². The highest BCUT2D eigenvalue weighted by Gasteiger charge is 2.64. The average Bonchev–Trinajstić information content (AvgIpc) is 2.58. The van der Waals surface area contributed by atoms with E-state index in [2.05, 4.69) is 18.3 Å². The molecule has 132 valence electrons. The number of hydrogen-bond acceptors (Lipinski definition) is 3. The Kier molecular flexibility index (Phi) is 3.70. The minimum absolute atomic E-state index is 0.109. The summed E-state index contributed by atoms with van der Waals surface area (Å²) in [7, 11) is 0. The molecule has 0 radical (unpaired) electrons. The number of amides is 1. The lowest BCUT2D eigenvalue weighted by molar-refractivity contribution is -0.204. The number of carbonyl (C=O) groups is 1. The van der Waals surface area contributed by atoms with Crippen LogP contribution in [0.3, 0.4) is 0 Å². The van der Waals surface area contributed by atoms with Gasteiger partial charge < -0.3 is 10.4 Å². The van der Waals surface area contributed by atoms with Crippen LogP contribution in [0.1, 0.15) is 63.0 Å². The summed E-state index contributed by atoms with van der Waals surface area (Å²) in [6, 6.07) is 9.44. The summed E-state index contributed by atoms with van der Waals surface area (Å²) in [5.41, 5.74) is 0.752. The van der Waals surface area contributed by atoms with Crippen LogP contribution in [0.4, 0.5) is 0 Å². The van der Waals surface area contributed by atoms with Crippen LogP contribution < -0.4 is 5.32 Å². The zero-order valence-electron chi connectivity index (χ0n) is 14.8. The maximum Gasteiger partial charge on any atom is 0.226 e.